The molecule has 0 fully saturated rings. The Labute approximate surface area is 189 Å². The fourth-order valence-electron chi connectivity index (χ4n) is 4.19. The third kappa shape index (κ3) is 3.82. The molecule has 0 radical (unpaired) electrons. The van der Waals surface area contributed by atoms with E-state index in [0.29, 0.717) is 30.1 Å². The molecule has 168 valence electrons. The summed E-state index contributed by atoms with van der Waals surface area (Å²) in [6.45, 7) is 2.64. The lowest BCUT2D eigenvalue weighted by Crippen LogP contribution is -2.31. The van der Waals surface area contributed by atoms with E-state index < -0.39 is 17.5 Å². The van der Waals surface area contributed by atoms with E-state index in [2.05, 4.69) is 9.97 Å². The Bertz CT molecular complexity index is 1360. The largest absolute Gasteiger partial charge is 0.383 e. The first-order valence-corrected chi connectivity index (χ1v) is 10.6. The number of nitrogens with two attached hydrogens (primary N) is 1. The van der Waals surface area contributed by atoms with Crippen LogP contribution in [0.3, 0.4) is 0 Å². The van der Waals surface area contributed by atoms with Crippen LogP contribution in [-0.4, -0.2) is 20.8 Å². The maximum atomic E-state index is 14.4. The normalized spacial score (nSPS) is 12.8. The molecule has 5 rings (SSSR count). The number of aromatic nitrogens is 2. The maximum absolute atomic E-state index is 14.4. The summed E-state index contributed by atoms with van der Waals surface area (Å²) in [7, 11) is 0. The predicted octanol–water partition coefficient (Wildman–Crippen LogP) is 4.60. The van der Waals surface area contributed by atoms with Crippen LogP contribution in [-0.2, 0) is 31.0 Å². The van der Waals surface area contributed by atoms with E-state index in [1.165, 1.54) is 23.1 Å². The van der Waals surface area contributed by atoms with E-state index in [-0.39, 0.29) is 24.3 Å². The number of amides is 1. The molecule has 8 heteroatoms. The molecule has 0 saturated carbocycles. The minimum atomic E-state index is -0.696. The number of nitrogen functional groups attached to an aromatic ring is 1. The first-order chi connectivity index (χ1) is 15.9. The number of hydrogen-bond acceptors (Lipinski definition) is 4. The molecule has 0 bridgehead atoms. The van der Waals surface area contributed by atoms with Crippen molar-refractivity contribution in [1.82, 2.24) is 14.9 Å². The van der Waals surface area contributed by atoms with Crippen LogP contribution in [0.5, 0.6) is 0 Å². The third-order valence-corrected chi connectivity index (χ3v) is 6.06. The molecule has 1 aliphatic rings. The SMILES string of the molecule is Cc1ccccc1CN(Cc1c(F)cccc1F)C(=O)c1cc2nc(N)c3c(c2[nH]1)COC3. The number of carbonyl (C=O) groups is 1. The van der Waals surface area contributed by atoms with Crippen LogP contribution in [0.1, 0.15) is 38.3 Å². The number of fused-ring (bicyclic) bond motifs is 3. The minimum absolute atomic E-state index is 0.160. The second kappa shape index (κ2) is 8.29. The van der Waals surface area contributed by atoms with Crippen LogP contribution < -0.4 is 5.73 Å². The van der Waals surface area contributed by atoms with Crippen molar-refractivity contribution >= 4 is 22.8 Å². The Morgan fingerprint density at radius 2 is 1.82 bits per heavy atom. The van der Waals surface area contributed by atoms with Crippen molar-refractivity contribution in [3.8, 4) is 0 Å². The van der Waals surface area contributed by atoms with Crippen molar-refractivity contribution in [3.63, 3.8) is 0 Å². The number of hydrogen-bond donors (Lipinski definition) is 2. The van der Waals surface area contributed by atoms with E-state index in [9.17, 15) is 13.6 Å². The number of nitrogens with zero attached hydrogens (tertiary/aromatic N) is 2. The molecule has 2 aromatic heterocycles. The highest BCUT2D eigenvalue weighted by molar-refractivity contribution is 5.98. The second-order valence-corrected chi connectivity index (χ2v) is 8.18. The van der Waals surface area contributed by atoms with E-state index >= 15 is 0 Å². The second-order valence-electron chi connectivity index (χ2n) is 8.18. The summed E-state index contributed by atoms with van der Waals surface area (Å²) in [5.74, 6) is -1.42. The van der Waals surface area contributed by atoms with Gasteiger partial charge in [-0.15, -0.1) is 0 Å². The number of aryl methyl sites for hydroxylation is 1. The molecule has 2 aromatic carbocycles. The van der Waals surface area contributed by atoms with Gasteiger partial charge in [0.15, 0.2) is 0 Å². The number of ether oxygens (including phenoxy) is 1. The molecular weight excluding hydrogens is 426 g/mol. The monoisotopic (exact) mass is 448 g/mol. The number of benzene rings is 2. The van der Waals surface area contributed by atoms with Crippen molar-refractivity contribution in [2.45, 2.75) is 33.2 Å². The Hall–Kier alpha value is -3.78. The number of pyridine rings is 1. The van der Waals surface area contributed by atoms with Crippen LogP contribution in [0.15, 0.2) is 48.5 Å². The van der Waals surface area contributed by atoms with Crippen LogP contribution in [0.25, 0.3) is 11.0 Å². The van der Waals surface area contributed by atoms with Crippen LogP contribution >= 0.6 is 0 Å². The van der Waals surface area contributed by atoms with Gasteiger partial charge >= 0.3 is 0 Å². The maximum Gasteiger partial charge on any atom is 0.270 e. The quantitative estimate of drug-likeness (QED) is 0.467. The van der Waals surface area contributed by atoms with E-state index in [0.717, 1.165) is 22.3 Å². The molecule has 0 spiro atoms. The van der Waals surface area contributed by atoms with Gasteiger partial charge in [0.25, 0.3) is 5.91 Å². The number of anilines is 1. The van der Waals surface area contributed by atoms with Gasteiger partial charge in [0, 0.05) is 23.2 Å². The Balaban J connectivity index is 1.55. The Kier molecular flexibility index (Phi) is 5.30. The number of nitrogens with one attached hydrogen (secondary N) is 1. The smallest absolute Gasteiger partial charge is 0.270 e. The molecule has 0 aliphatic carbocycles. The topological polar surface area (TPSA) is 84.2 Å². The average molecular weight is 448 g/mol. The molecule has 0 saturated heterocycles. The molecule has 33 heavy (non-hydrogen) atoms. The highest BCUT2D eigenvalue weighted by Crippen LogP contribution is 2.31. The number of aromatic amines is 1. The molecule has 1 amide bonds. The van der Waals surface area contributed by atoms with Crippen LogP contribution in [0, 0.1) is 18.6 Å². The van der Waals surface area contributed by atoms with Gasteiger partial charge in [-0.1, -0.05) is 30.3 Å². The van der Waals surface area contributed by atoms with Crippen LogP contribution in [0.4, 0.5) is 14.6 Å². The molecule has 0 atom stereocenters. The van der Waals surface area contributed by atoms with Crippen molar-refractivity contribution < 1.29 is 18.3 Å². The van der Waals surface area contributed by atoms with E-state index in [1.807, 2.05) is 31.2 Å². The standard InChI is InChI=1S/C25H22F2N4O2/c1-14-5-2-3-6-15(14)10-31(11-16-19(26)7-4-8-20(16)27)25(32)22-9-21-23(29-22)17-12-33-13-18(17)24(28)30-21/h2-9,29H,10-13H2,1H3,(H2,28,30). The van der Waals surface area contributed by atoms with Gasteiger partial charge in [0.2, 0.25) is 0 Å². The van der Waals surface area contributed by atoms with Gasteiger partial charge in [-0.3, -0.25) is 4.79 Å². The fourth-order valence-corrected chi connectivity index (χ4v) is 4.19. The van der Waals surface area contributed by atoms with Gasteiger partial charge in [-0.2, -0.15) is 0 Å². The van der Waals surface area contributed by atoms with Gasteiger partial charge in [0.1, 0.15) is 23.1 Å². The number of carbonyl (C=O) groups excluding carboxylic acids is 1. The number of halogens is 2. The summed E-state index contributed by atoms with van der Waals surface area (Å²) < 4.78 is 34.4. The summed E-state index contributed by atoms with van der Waals surface area (Å²) in [6.07, 6.45) is 0. The third-order valence-electron chi connectivity index (χ3n) is 6.06. The lowest BCUT2D eigenvalue weighted by molar-refractivity contribution is 0.0721. The minimum Gasteiger partial charge on any atom is -0.383 e. The zero-order valence-electron chi connectivity index (χ0n) is 18.0. The zero-order chi connectivity index (χ0) is 23.1. The fraction of sp³-hybridized carbons (Fsp3) is 0.200. The first kappa shape index (κ1) is 21.1. The van der Waals surface area contributed by atoms with E-state index in [1.54, 1.807) is 6.07 Å². The van der Waals surface area contributed by atoms with Gasteiger partial charge in [0.05, 0.1) is 30.8 Å². The molecule has 6 nitrogen and oxygen atoms in total. The molecule has 0 unspecified atom stereocenters. The molecule has 3 heterocycles. The van der Waals surface area contributed by atoms with Gasteiger partial charge < -0.3 is 20.4 Å². The summed E-state index contributed by atoms with van der Waals surface area (Å²) >= 11 is 0. The highest BCUT2D eigenvalue weighted by Gasteiger charge is 2.25. The number of rotatable bonds is 5. The van der Waals surface area contributed by atoms with Gasteiger partial charge in [-0.25, -0.2) is 13.8 Å². The Morgan fingerprint density at radius 3 is 2.58 bits per heavy atom. The first-order valence-electron chi connectivity index (χ1n) is 10.6. The van der Waals surface area contributed by atoms with Crippen molar-refractivity contribution in [2.75, 3.05) is 5.73 Å². The summed E-state index contributed by atoms with van der Waals surface area (Å²) in [6, 6.07) is 12.9. The summed E-state index contributed by atoms with van der Waals surface area (Å²) in [5.41, 5.74) is 10.9. The molecule has 1 aliphatic heterocycles. The van der Waals surface area contributed by atoms with Crippen molar-refractivity contribution in [1.29, 1.82) is 0 Å². The molecule has 4 aromatic rings. The number of H-pyrrole nitrogens is 1. The zero-order valence-corrected chi connectivity index (χ0v) is 18.0. The summed E-state index contributed by atoms with van der Waals surface area (Å²) in [4.78, 5) is 22.6. The lowest BCUT2D eigenvalue weighted by atomic mass is 10.1. The summed E-state index contributed by atoms with van der Waals surface area (Å²) in [5, 5.41) is 0. The van der Waals surface area contributed by atoms with E-state index in [4.69, 9.17) is 10.5 Å². The van der Waals surface area contributed by atoms with Crippen molar-refractivity contribution in [3.05, 3.63) is 93.7 Å². The highest BCUT2D eigenvalue weighted by atomic mass is 19.1. The molecule has 3 N–H and O–H groups in total. The lowest BCUT2D eigenvalue weighted by Gasteiger charge is -2.24. The Morgan fingerprint density at radius 1 is 1.09 bits per heavy atom. The van der Waals surface area contributed by atoms with Crippen molar-refractivity contribution in [2.24, 2.45) is 0 Å². The molecular formula is C25H22F2N4O2. The average Bonchev–Trinajstić information content (AvgIpc) is 3.44. The van der Waals surface area contributed by atoms with Crippen LogP contribution in [0.2, 0.25) is 0 Å². The predicted molar refractivity (Wildman–Crippen MR) is 120 cm³/mol. The van der Waals surface area contributed by atoms with Gasteiger partial charge in [-0.05, 0) is 36.2 Å².